The van der Waals surface area contributed by atoms with Crippen LogP contribution < -0.4 is 5.32 Å². The molecule has 0 aromatic heterocycles. The molecule has 2 rings (SSSR count). The minimum Gasteiger partial charge on any atom is -0.480 e. The molecule has 114 valence electrons. The number of halogens is 1. The van der Waals surface area contributed by atoms with E-state index in [4.69, 9.17) is 0 Å². The molecule has 5 heteroatoms. The van der Waals surface area contributed by atoms with Gasteiger partial charge < -0.3 is 10.4 Å². The SMILES string of the molecule is O=C(N[C@@H](Cc1ccc(I)cc1)C(=O)O)C1CCCCC1. The third kappa shape index (κ3) is 4.98. The predicted octanol–water partition coefficient (Wildman–Crippen LogP) is 2.98. The second-order valence-corrected chi connectivity index (χ2v) is 6.81. The maximum atomic E-state index is 12.2. The van der Waals surface area contributed by atoms with Crippen LogP contribution >= 0.6 is 22.6 Å². The molecule has 1 atom stereocenters. The highest BCUT2D eigenvalue weighted by Crippen LogP contribution is 2.23. The van der Waals surface area contributed by atoms with Crippen molar-refractivity contribution < 1.29 is 14.7 Å². The van der Waals surface area contributed by atoms with Crippen LogP contribution in [0.25, 0.3) is 0 Å². The first-order chi connectivity index (χ1) is 10.1. The molecule has 1 amide bonds. The fourth-order valence-electron chi connectivity index (χ4n) is 2.71. The summed E-state index contributed by atoms with van der Waals surface area (Å²) in [5.41, 5.74) is 0.923. The lowest BCUT2D eigenvalue weighted by molar-refractivity contribution is -0.142. The molecule has 0 radical (unpaired) electrons. The van der Waals surface area contributed by atoms with Crippen molar-refractivity contribution in [3.8, 4) is 0 Å². The maximum absolute atomic E-state index is 12.2. The van der Waals surface area contributed by atoms with E-state index in [1.807, 2.05) is 24.3 Å². The van der Waals surface area contributed by atoms with E-state index in [9.17, 15) is 14.7 Å². The minimum absolute atomic E-state index is 0.0164. The standard InChI is InChI=1S/C16H20INO3/c17-13-8-6-11(7-9-13)10-14(16(20)21)18-15(19)12-4-2-1-3-5-12/h6-9,12,14H,1-5,10H2,(H,18,19)(H,20,21)/t14-/m0/s1. The Hall–Kier alpha value is -1.11. The third-order valence-corrected chi connectivity index (χ3v) is 4.66. The first kappa shape index (κ1) is 16.3. The number of carboxylic acids is 1. The fraction of sp³-hybridized carbons (Fsp3) is 0.500. The predicted molar refractivity (Wildman–Crippen MR) is 89.0 cm³/mol. The molecule has 1 aliphatic carbocycles. The van der Waals surface area contributed by atoms with Gasteiger partial charge in [0.2, 0.25) is 5.91 Å². The molecule has 0 heterocycles. The van der Waals surface area contributed by atoms with E-state index in [0.717, 1.165) is 34.8 Å². The summed E-state index contributed by atoms with van der Waals surface area (Å²) in [7, 11) is 0. The van der Waals surface area contributed by atoms with E-state index >= 15 is 0 Å². The van der Waals surface area contributed by atoms with Gasteiger partial charge in [-0.15, -0.1) is 0 Å². The number of aliphatic carboxylic acids is 1. The third-order valence-electron chi connectivity index (χ3n) is 3.94. The molecule has 0 aliphatic heterocycles. The van der Waals surface area contributed by atoms with Gasteiger partial charge in [0.05, 0.1) is 0 Å². The Balaban J connectivity index is 1.96. The Bertz CT molecular complexity index is 495. The summed E-state index contributed by atoms with van der Waals surface area (Å²) in [6, 6.07) is 6.85. The van der Waals surface area contributed by atoms with Crippen molar-refractivity contribution in [2.45, 2.75) is 44.6 Å². The zero-order valence-corrected chi connectivity index (χ0v) is 14.0. The van der Waals surface area contributed by atoms with Gasteiger partial charge in [0.25, 0.3) is 0 Å². The number of rotatable bonds is 5. The summed E-state index contributed by atoms with van der Waals surface area (Å²) in [6.45, 7) is 0. The van der Waals surface area contributed by atoms with Crippen molar-refractivity contribution in [3.05, 3.63) is 33.4 Å². The molecule has 1 aromatic carbocycles. The summed E-state index contributed by atoms with van der Waals surface area (Å²) in [6.07, 6.45) is 5.38. The lowest BCUT2D eigenvalue weighted by atomic mass is 9.88. The van der Waals surface area contributed by atoms with Gasteiger partial charge in [-0.2, -0.15) is 0 Å². The zero-order valence-electron chi connectivity index (χ0n) is 11.8. The van der Waals surface area contributed by atoms with Crippen LogP contribution in [0.15, 0.2) is 24.3 Å². The van der Waals surface area contributed by atoms with E-state index in [1.165, 1.54) is 6.42 Å². The number of hydrogen-bond donors (Lipinski definition) is 2. The summed E-state index contributed by atoms with van der Waals surface area (Å²) in [4.78, 5) is 23.6. The molecule has 0 unspecified atom stereocenters. The smallest absolute Gasteiger partial charge is 0.326 e. The van der Waals surface area contributed by atoms with Gasteiger partial charge in [0.1, 0.15) is 6.04 Å². The number of hydrogen-bond acceptors (Lipinski definition) is 2. The number of amides is 1. The van der Waals surface area contributed by atoms with Crippen LogP contribution in [-0.2, 0) is 16.0 Å². The summed E-state index contributed by atoms with van der Waals surface area (Å²) in [5.74, 6) is -1.09. The van der Waals surface area contributed by atoms with Gasteiger partial charge in [-0.25, -0.2) is 4.79 Å². The van der Waals surface area contributed by atoms with Crippen LogP contribution in [0.1, 0.15) is 37.7 Å². The lowest BCUT2D eigenvalue weighted by Gasteiger charge is -2.23. The molecule has 1 fully saturated rings. The van der Waals surface area contributed by atoms with Gasteiger partial charge in [-0.05, 0) is 53.1 Å². The van der Waals surface area contributed by atoms with Gasteiger partial charge in [0.15, 0.2) is 0 Å². The number of carboxylic acid groups (broad SMARTS) is 1. The van der Waals surface area contributed by atoms with Crippen LogP contribution in [-0.4, -0.2) is 23.0 Å². The topological polar surface area (TPSA) is 66.4 Å². The fourth-order valence-corrected chi connectivity index (χ4v) is 3.07. The van der Waals surface area contributed by atoms with E-state index < -0.39 is 12.0 Å². The van der Waals surface area contributed by atoms with Crippen LogP contribution in [0.4, 0.5) is 0 Å². The molecule has 2 N–H and O–H groups in total. The van der Waals surface area contributed by atoms with Crippen LogP contribution in [0.3, 0.4) is 0 Å². The maximum Gasteiger partial charge on any atom is 0.326 e. The van der Waals surface area contributed by atoms with E-state index in [2.05, 4.69) is 27.9 Å². The second-order valence-electron chi connectivity index (χ2n) is 5.56. The molecule has 1 saturated carbocycles. The lowest BCUT2D eigenvalue weighted by Crippen LogP contribution is -2.45. The number of nitrogens with one attached hydrogen (secondary N) is 1. The van der Waals surface area contributed by atoms with Gasteiger partial charge >= 0.3 is 5.97 Å². The largest absolute Gasteiger partial charge is 0.480 e. The molecule has 4 nitrogen and oxygen atoms in total. The Morgan fingerprint density at radius 3 is 2.38 bits per heavy atom. The summed E-state index contributed by atoms with van der Waals surface area (Å²) in [5, 5.41) is 12.0. The molecule has 0 spiro atoms. The number of carbonyl (C=O) groups is 2. The monoisotopic (exact) mass is 401 g/mol. The molecule has 0 bridgehead atoms. The normalized spacial score (nSPS) is 17.2. The molecule has 1 aromatic rings. The molecule has 21 heavy (non-hydrogen) atoms. The van der Waals surface area contributed by atoms with Gasteiger partial charge in [-0.1, -0.05) is 31.4 Å². The zero-order chi connectivity index (χ0) is 15.2. The van der Waals surface area contributed by atoms with Crippen LogP contribution in [0, 0.1) is 9.49 Å². The molecule has 1 aliphatic rings. The Kier molecular flexibility index (Phi) is 6.02. The molecular weight excluding hydrogens is 381 g/mol. The average Bonchev–Trinajstić information content (AvgIpc) is 2.49. The van der Waals surface area contributed by atoms with Crippen molar-refractivity contribution in [2.24, 2.45) is 5.92 Å². The van der Waals surface area contributed by atoms with E-state index in [0.29, 0.717) is 6.42 Å². The van der Waals surface area contributed by atoms with E-state index in [1.54, 1.807) is 0 Å². The van der Waals surface area contributed by atoms with Crippen molar-refractivity contribution in [3.63, 3.8) is 0 Å². The molecule has 0 saturated heterocycles. The highest BCUT2D eigenvalue weighted by Gasteiger charge is 2.26. The summed E-state index contributed by atoms with van der Waals surface area (Å²) >= 11 is 2.21. The Labute approximate surface area is 138 Å². The van der Waals surface area contributed by atoms with Gasteiger partial charge in [-0.3, -0.25) is 4.79 Å². The first-order valence-corrected chi connectivity index (χ1v) is 8.42. The average molecular weight is 401 g/mol. The first-order valence-electron chi connectivity index (χ1n) is 7.34. The quantitative estimate of drug-likeness (QED) is 0.746. The Morgan fingerprint density at radius 1 is 1.19 bits per heavy atom. The van der Waals surface area contributed by atoms with E-state index in [-0.39, 0.29) is 11.8 Å². The van der Waals surface area contributed by atoms with Crippen molar-refractivity contribution in [1.82, 2.24) is 5.32 Å². The highest BCUT2D eigenvalue weighted by atomic mass is 127. The van der Waals surface area contributed by atoms with Crippen molar-refractivity contribution in [2.75, 3.05) is 0 Å². The Morgan fingerprint density at radius 2 is 1.81 bits per heavy atom. The van der Waals surface area contributed by atoms with Gasteiger partial charge in [0, 0.05) is 15.9 Å². The highest BCUT2D eigenvalue weighted by molar-refractivity contribution is 14.1. The minimum atomic E-state index is -0.974. The van der Waals surface area contributed by atoms with Crippen molar-refractivity contribution >= 4 is 34.5 Å². The summed E-state index contributed by atoms with van der Waals surface area (Å²) < 4.78 is 1.11. The molecular formula is C16H20INO3. The van der Waals surface area contributed by atoms with Crippen molar-refractivity contribution in [1.29, 1.82) is 0 Å². The van der Waals surface area contributed by atoms with Crippen LogP contribution in [0.5, 0.6) is 0 Å². The second kappa shape index (κ2) is 7.77. The number of carbonyl (C=O) groups excluding carboxylic acids is 1. The number of benzene rings is 1. The van der Waals surface area contributed by atoms with Crippen LogP contribution in [0.2, 0.25) is 0 Å².